The normalized spacial score (nSPS) is 15.1. The third-order valence-corrected chi connectivity index (χ3v) is 5.26. The summed E-state index contributed by atoms with van der Waals surface area (Å²) in [6.45, 7) is 4.45. The number of hydrogen-bond donors (Lipinski definition) is 0. The summed E-state index contributed by atoms with van der Waals surface area (Å²) < 4.78 is 29.3. The molecule has 142 valence electrons. The first-order valence-electron chi connectivity index (χ1n) is 8.71. The molecule has 0 atom stereocenters. The minimum absolute atomic E-state index is 0.0900. The first-order valence-corrected chi connectivity index (χ1v) is 10.2. The predicted molar refractivity (Wildman–Crippen MR) is 106 cm³/mol. The highest BCUT2D eigenvalue weighted by molar-refractivity contribution is 7.90. The van der Waals surface area contributed by atoms with Crippen LogP contribution in [-0.4, -0.2) is 45.4 Å². The summed E-state index contributed by atoms with van der Waals surface area (Å²) in [7, 11) is -3.83. The van der Waals surface area contributed by atoms with Crippen molar-refractivity contribution in [3.8, 4) is 5.75 Å². The molecule has 0 aromatic heterocycles. The second-order valence-corrected chi connectivity index (χ2v) is 7.70. The molecule has 0 saturated carbocycles. The van der Waals surface area contributed by atoms with Crippen LogP contribution in [0, 0.1) is 0 Å². The lowest BCUT2D eigenvalue weighted by atomic mass is 10.2. The minimum Gasteiger partial charge on any atom is -0.379 e. The highest BCUT2D eigenvalue weighted by Gasteiger charge is 2.19. The standard InChI is InChI=1S/C20H22N2O4S/c1-17(23)21-12-14-22(15-13-21)19-7-9-20(10-8-19)26-27(24,25)16-11-18-5-3-2-4-6-18/h2-11,16H,12-15H2,1H3/b16-11+. The molecule has 0 aliphatic carbocycles. The molecule has 0 unspecified atom stereocenters. The van der Waals surface area contributed by atoms with Gasteiger partial charge in [-0.2, -0.15) is 8.42 Å². The summed E-state index contributed by atoms with van der Waals surface area (Å²) in [6.07, 6.45) is 1.50. The van der Waals surface area contributed by atoms with Crippen LogP contribution in [0.1, 0.15) is 12.5 Å². The molecule has 3 rings (SSSR count). The summed E-state index contributed by atoms with van der Waals surface area (Å²) in [6, 6.07) is 16.1. The summed E-state index contributed by atoms with van der Waals surface area (Å²) in [5.74, 6) is 0.353. The number of nitrogens with zero attached hydrogens (tertiary/aromatic N) is 2. The molecule has 0 N–H and O–H groups in total. The van der Waals surface area contributed by atoms with Crippen LogP contribution in [0.2, 0.25) is 0 Å². The van der Waals surface area contributed by atoms with Gasteiger partial charge < -0.3 is 14.0 Å². The lowest BCUT2D eigenvalue weighted by Gasteiger charge is -2.35. The van der Waals surface area contributed by atoms with E-state index in [0.717, 1.165) is 29.7 Å². The summed E-state index contributed by atoms with van der Waals surface area (Å²) in [5, 5.41) is 1.05. The Bertz CT molecular complexity index is 901. The number of carbonyl (C=O) groups is 1. The predicted octanol–water partition coefficient (Wildman–Crippen LogP) is 2.73. The maximum Gasteiger partial charge on any atom is 0.332 e. The monoisotopic (exact) mass is 386 g/mol. The van der Waals surface area contributed by atoms with Crippen molar-refractivity contribution >= 4 is 27.8 Å². The van der Waals surface area contributed by atoms with Crippen molar-refractivity contribution in [2.75, 3.05) is 31.1 Å². The molecule has 1 fully saturated rings. The van der Waals surface area contributed by atoms with E-state index in [0.29, 0.717) is 13.1 Å². The minimum atomic E-state index is -3.83. The van der Waals surface area contributed by atoms with Gasteiger partial charge in [0.2, 0.25) is 5.91 Å². The van der Waals surface area contributed by atoms with Crippen molar-refractivity contribution in [2.24, 2.45) is 0 Å². The van der Waals surface area contributed by atoms with E-state index in [-0.39, 0.29) is 11.7 Å². The SMILES string of the molecule is CC(=O)N1CCN(c2ccc(OS(=O)(=O)/C=C/c3ccccc3)cc2)CC1. The van der Waals surface area contributed by atoms with Gasteiger partial charge >= 0.3 is 10.1 Å². The Labute approximate surface area is 159 Å². The van der Waals surface area contributed by atoms with Crippen LogP contribution in [0.5, 0.6) is 5.75 Å². The van der Waals surface area contributed by atoms with Gasteiger partial charge in [-0.15, -0.1) is 0 Å². The fraction of sp³-hybridized carbons (Fsp3) is 0.250. The first-order chi connectivity index (χ1) is 12.9. The molecule has 0 bridgehead atoms. The highest BCUT2D eigenvalue weighted by atomic mass is 32.2. The lowest BCUT2D eigenvalue weighted by Crippen LogP contribution is -2.48. The van der Waals surface area contributed by atoms with Crippen molar-refractivity contribution in [3.63, 3.8) is 0 Å². The van der Waals surface area contributed by atoms with Crippen LogP contribution < -0.4 is 9.08 Å². The first kappa shape index (κ1) is 19.0. The second-order valence-electron chi connectivity index (χ2n) is 6.28. The number of rotatable bonds is 5. The van der Waals surface area contributed by atoms with Crippen LogP contribution in [0.3, 0.4) is 0 Å². The van der Waals surface area contributed by atoms with E-state index in [4.69, 9.17) is 4.18 Å². The van der Waals surface area contributed by atoms with Crippen molar-refractivity contribution in [3.05, 3.63) is 65.6 Å². The number of carbonyl (C=O) groups excluding carboxylic acids is 1. The van der Waals surface area contributed by atoms with Crippen molar-refractivity contribution in [1.82, 2.24) is 4.90 Å². The number of benzene rings is 2. The highest BCUT2D eigenvalue weighted by Crippen LogP contribution is 2.22. The van der Waals surface area contributed by atoms with Gasteiger partial charge in [0.25, 0.3) is 0 Å². The van der Waals surface area contributed by atoms with Gasteiger partial charge in [0.05, 0.1) is 5.41 Å². The molecule has 1 aliphatic rings. The Morgan fingerprint density at radius 1 is 0.963 bits per heavy atom. The Kier molecular flexibility index (Phi) is 5.81. The molecular weight excluding hydrogens is 364 g/mol. The number of amides is 1. The fourth-order valence-corrected chi connectivity index (χ4v) is 3.64. The van der Waals surface area contributed by atoms with E-state index in [1.54, 1.807) is 19.1 Å². The number of piperazine rings is 1. The van der Waals surface area contributed by atoms with Crippen LogP contribution in [-0.2, 0) is 14.9 Å². The van der Waals surface area contributed by atoms with E-state index in [9.17, 15) is 13.2 Å². The lowest BCUT2D eigenvalue weighted by molar-refractivity contribution is -0.129. The largest absolute Gasteiger partial charge is 0.379 e. The Morgan fingerprint density at radius 2 is 1.59 bits per heavy atom. The van der Waals surface area contributed by atoms with Gasteiger partial charge in [0, 0.05) is 38.8 Å². The molecule has 0 spiro atoms. The maximum absolute atomic E-state index is 12.1. The molecule has 27 heavy (non-hydrogen) atoms. The summed E-state index contributed by atoms with van der Waals surface area (Å²) >= 11 is 0. The zero-order valence-corrected chi connectivity index (χ0v) is 15.9. The quantitative estimate of drug-likeness (QED) is 0.739. The molecule has 1 amide bonds. The molecule has 7 heteroatoms. The zero-order valence-electron chi connectivity index (χ0n) is 15.1. The molecule has 1 heterocycles. The van der Waals surface area contributed by atoms with Crippen LogP contribution in [0.4, 0.5) is 5.69 Å². The van der Waals surface area contributed by atoms with Gasteiger partial charge in [-0.25, -0.2) is 0 Å². The van der Waals surface area contributed by atoms with Crippen LogP contribution >= 0.6 is 0 Å². The zero-order chi connectivity index (χ0) is 19.3. The van der Waals surface area contributed by atoms with Gasteiger partial charge in [0.1, 0.15) is 5.75 Å². The van der Waals surface area contributed by atoms with Crippen molar-refractivity contribution in [1.29, 1.82) is 0 Å². The smallest absolute Gasteiger partial charge is 0.332 e. The third-order valence-electron chi connectivity index (χ3n) is 4.37. The van der Waals surface area contributed by atoms with Gasteiger partial charge in [-0.05, 0) is 35.9 Å². The third kappa shape index (κ3) is 5.34. The Hall–Kier alpha value is -2.80. The van der Waals surface area contributed by atoms with E-state index in [1.807, 2.05) is 47.4 Å². The molecule has 1 saturated heterocycles. The number of anilines is 1. The Morgan fingerprint density at radius 3 is 2.19 bits per heavy atom. The van der Waals surface area contributed by atoms with Crippen molar-refractivity contribution in [2.45, 2.75) is 6.92 Å². The summed E-state index contributed by atoms with van der Waals surface area (Å²) in [4.78, 5) is 15.4. The number of hydrogen-bond acceptors (Lipinski definition) is 5. The average Bonchev–Trinajstić information content (AvgIpc) is 2.68. The fourth-order valence-electron chi connectivity index (χ4n) is 2.88. The maximum atomic E-state index is 12.1. The van der Waals surface area contributed by atoms with E-state index >= 15 is 0 Å². The van der Waals surface area contributed by atoms with Crippen LogP contribution in [0.25, 0.3) is 6.08 Å². The topological polar surface area (TPSA) is 66.9 Å². The average molecular weight is 386 g/mol. The second kappa shape index (κ2) is 8.26. The summed E-state index contributed by atoms with van der Waals surface area (Å²) in [5.41, 5.74) is 1.76. The molecule has 2 aromatic rings. The molecule has 2 aromatic carbocycles. The molecule has 0 radical (unpaired) electrons. The molecular formula is C20H22N2O4S. The van der Waals surface area contributed by atoms with Gasteiger partial charge in [-0.3, -0.25) is 4.79 Å². The van der Waals surface area contributed by atoms with E-state index in [2.05, 4.69) is 4.90 Å². The Balaban J connectivity index is 1.60. The molecule has 6 nitrogen and oxygen atoms in total. The van der Waals surface area contributed by atoms with E-state index in [1.165, 1.54) is 6.08 Å². The molecule has 1 aliphatic heterocycles. The van der Waals surface area contributed by atoms with Gasteiger partial charge in [-0.1, -0.05) is 30.3 Å². The van der Waals surface area contributed by atoms with Crippen molar-refractivity contribution < 1.29 is 17.4 Å². The van der Waals surface area contributed by atoms with Crippen LogP contribution in [0.15, 0.2) is 60.0 Å². The van der Waals surface area contributed by atoms with E-state index < -0.39 is 10.1 Å². The van der Waals surface area contributed by atoms with Gasteiger partial charge in [0.15, 0.2) is 0 Å².